The number of aromatic nitrogens is 1. The molecular formula is C22H15ClFN3O2S2. The van der Waals surface area contributed by atoms with E-state index < -0.39 is 11.7 Å². The van der Waals surface area contributed by atoms with Crippen molar-refractivity contribution in [3.05, 3.63) is 83.1 Å². The largest absolute Gasteiger partial charge is 0.325 e. The van der Waals surface area contributed by atoms with Gasteiger partial charge in [-0.25, -0.2) is 9.37 Å². The van der Waals surface area contributed by atoms with Crippen molar-refractivity contribution in [1.82, 2.24) is 4.98 Å². The van der Waals surface area contributed by atoms with Gasteiger partial charge in [-0.3, -0.25) is 9.59 Å². The van der Waals surface area contributed by atoms with Gasteiger partial charge in [0.2, 0.25) is 5.91 Å². The molecule has 0 bridgehead atoms. The van der Waals surface area contributed by atoms with Crippen LogP contribution in [-0.4, -0.2) is 22.6 Å². The molecule has 0 aliphatic carbocycles. The first-order valence-corrected chi connectivity index (χ1v) is 11.3. The standard InChI is InChI=1S/C22H15ClFN3O2S2/c23-13-5-7-14(8-6-13)25-20(28)12-30-22-27-18-10-9-15(11-19(18)31-22)26-21(29)16-3-1-2-4-17(16)24/h1-11H,12H2,(H,25,28)(H,26,29). The lowest BCUT2D eigenvalue weighted by molar-refractivity contribution is -0.113. The van der Waals surface area contributed by atoms with E-state index in [2.05, 4.69) is 15.6 Å². The van der Waals surface area contributed by atoms with Crippen molar-refractivity contribution in [2.75, 3.05) is 16.4 Å². The van der Waals surface area contributed by atoms with E-state index in [0.717, 1.165) is 14.6 Å². The van der Waals surface area contributed by atoms with Gasteiger partial charge in [0.25, 0.3) is 5.91 Å². The van der Waals surface area contributed by atoms with Crippen molar-refractivity contribution in [3.8, 4) is 0 Å². The highest BCUT2D eigenvalue weighted by Crippen LogP contribution is 2.31. The Morgan fingerprint density at radius 3 is 2.52 bits per heavy atom. The maximum Gasteiger partial charge on any atom is 0.258 e. The Balaban J connectivity index is 1.39. The van der Waals surface area contributed by atoms with Gasteiger partial charge in [-0.1, -0.05) is 35.5 Å². The molecule has 0 saturated carbocycles. The summed E-state index contributed by atoms with van der Waals surface area (Å²) in [5, 5.41) is 6.11. The van der Waals surface area contributed by atoms with E-state index in [-0.39, 0.29) is 17.2 Å². The molecule has 4 aromatic rings. The minimum absolute atomic E-state index is 0.0187. The summed E-state index contributed by atoms with van der Waals surface area (Å²) in [5.41, 5.74) is 1.96. The summed E-state index contributed by atoms with van der Waals surface area (Å²) in [6.45, 7) is 0. The van der Waals surface area contributed by atoms with Crippen LogP contribution in [0.25, 0.3) is 10.2 Å². The van der Waals surface area contributed by atoms with Crippen LogP contribution in [0.15, 0.2) is 71.1 Å². The van der Waals surface area contributed by atoms with Crippen LogP contribution in [0.3, 0.4) is 0 Å². The average Bonchev–Trinajstić information content (AvgIpc) is 3.16. The predicted molar refractivity (Wildman–Crippen MR) is 125 cm³/mol. The number of fused-ring (bicyclic) bond motifs is 1. The van der Waals surface area contributed by atoms with Crippen molar-refractivity contribution < 1.29 is 14.0 Å². The van der Waals surface area contributed by atoms with Crippen LogP contribution in [0, 0.1) is 5.82 Å². The minimum atomic E-state index is -0.575. The summed E-state index contributed by atoms with van der Waals surface area (Å²) < 4.78 is 15.4. The number of hydrogen-bond acceptors (Lipinski definition) is 5. The topological polar surface area (TPSA) is 71.1 Å². The Kier molecular flexibility index (Phi) is 6.50. The third-order valence-electron chi connectivity index (χ3n) is 4.20. The zero-order valence-electron chi connectivity index (χ0n) is 15.9. The highest BCUT2D eigenvalue weighted by atomic mass is 35.5. The number of nitrogens with zero attached hydrogens (tertiary/aromatic N) is 1. The summed E-state index contributed by atoms with van der Waals surface area (Å²) in [6, 6.07) is 18.0. The number of thiazole rings is 1. The fraction of sp³-hybridized carbons (Fsp3) is 0.0455. The van der Waals surface area contributed by atoms with Gasteiger partial charge in [-0.2, -0.15) is 0 Å². The molecular weight excluding hydrogens is 457 g/mol. The second-order valence-corrected chi connectivity index (χ2v) is 9.13. The molecule has 0 radical (unpaired) electrons. The fourth-order valence-corrected chi connectivity index (χ4v) is 4.78. The molecule has 9 heteroatoms. The van der Waals surface area contributed by atoms with Gasteiger partial charge in [0.15, 0.2) is 4.34 Å². The van der Waals surface area contributed by atoms with Crippen molar-refractivity contribution in [2.45, 2.75) is 4.34 Å². The van der Waals surface area contributed by atoms with Crippen molar-refractivity contribution >= 4 is 68.1 Å². The van der Waals surface area contributed by atoms with Crippen LogP contribution in [0.2, 0.25) is 5.02 Å². The number of hydrogen-bond donors (Lipinski definition) is 2. The quantitative estimate of drug-likeness (QED) is 0.335. The predicted octanol–water partition coefficient (Wildman–Crippen LogP) is 6.07. The molecule has 1 heterocycles. The highest BCUT2D eigenvalue weighted by Gasteiger charge is 2.13. The molecule has 3 aromatic carbocycles. The van der Waals surface area contributed by atoms with Gasteiger partial charge in [0, 0.05) is 16.4 Å². The Morgan fingerprint density at radius 1 is 1.00 bits per heavy atom. The zero-order chi connectivity index (χ0) is 21.8. The number of amides is 2. The number of benzene rings is 3. The van der Waals surface area contributed by atoms with Gasteiger partial charge < -0.3 is 10.6 Å². The minimum Gasteiger partial charge on any atom is -0.325 e. The maximum atomic E-state index is 13.8. The summed E-state index contributed by atoms with van der Waals surface area (Å²) in [7, 11) is 0. The molecule has 156 valence electrons. The average molecular weight is 472 g/mol. The maximum absolute atomic E-state index is 13.8. The summed E-state index contributed by atoms with van der Waals surface area (Å²) in [4.78, 5) is 29.0. The summed E-state index contributed by atoms with van der Waals surface area (Å²) in [6.07, 6.45) is 0. The number of carbonyl (C=O) groups is 2. The number of rotatable bonds is 6. The molecule has 0 fully saturated rings. The molecule has 0 saturated heterocycles. The molecule has 31 heavy (non-hydrogen) atoms. The third kappa shape index (κ3) is 5.41. The van der Waals surface area contributed by atoms with E-state index in [4.69, 9.17) is 11.6 Å². The van der Waals surface area contributed by atoms with Crippen LogP contribution < -0.4 is 10.6 Å². The van der Waals surface area contributed by atoms with E-state index in [0.29, 0.717) is 16.4 Å². The van der Waals surface area contributed by atoms with E-state index in [1.165, 1.54) is 41.3 Å². The van der Waals surface area contributed by atoms with Crippen molar-refractivity contribution in [2.24, 2.45) is 0 Å². The molecule has 0 aliphatic rings. The second-order valence-electron chi connectivity index (χ2n) is 6.44. The Hall–Kier alpha value is -2.94. The highest BCUT2D eigenvalue weighted by molar-refractivity contribution is 8.01. The van der Waals surface area contributed by atoms with Gasteiger partial charge in [-0.05, 0) is 54.6 Å². The van der Waals surface area contributed by atoms with Crippen LogP contribution >= 0.6 is 34.7 Å². The number of anilines is 2. The monoisotopic (exact) mass is 471 g/mol. The van der Waals surface area contributed by atoms with Gasteiger partial charge in [0.1, 0.15) is 5.82 Å². The van der Waals surface area contributed by atoms with Crippen LogP contribution in [-0.2, 0) is 4.79 Å². The fourth-order valence-electron chi connectivity index (χ4n) is 2.74. The Bertz CT molecular complexity index is 1260. The first kappa shape index (κ1) is 21.3. The first-order chi connectivity index (χ1) is 15.0. The SMILES string of the molecule is O=C(CSc1nc2ccc(NC(=O)c3ccccc3F)cc2s1)Nc1ccc(Cl)cc1. The van der Waals surface area contributed by atoms with E-state index >= 15 is 0 Å². The lowest BCUT2D eigenvalue weighted by atomic mass is 10.2. The van der Waals surface area contributed by atoms with Crippen molar-refractivity contribution in [3.63, 3.8) is 0 Å². The molecule has 2 N–H and O–H groups in total. The lowest BCUT2D eigenvalue weighted by Crippen LogP contribution is -2.13. The first-order valence-electron chi connectivity index (χ1n) is 9.12. The van der Waals surface area contributed by atoms with Crippen LogP contribution in [0.4, 0.5) is 15.8 Å². The molecule has 0 atom stereocenters. The van der Waals surface area contributed by atoms with Crippen LogP contribution in [0.1, 0.15) is 10.4 Å². The summed E-state index contributed by atoms with van der Waals surface area (Å²) in [5.74, 6) is -1.03. The molecule has 0 unspecified atom stereocenters. The second kappa shape index (κ2) is 9.47. The molecule has 4 rings (SSSR count). The summed E-state index contributed by atoms with van der Waals surface area (Å²) >= 11 is 8.59. The number of carbonyl (C=O) groups excluding carboxylic acids is 2. The number of halogens is 2. The Morgan fingerprint density at radius 2 is 1.74 bits per heavy atom. The van der Waals surface area contributed by atoms with E-state index in [1.54, 1.807) is 48.5 Å². The lowest BCUT2D eigenvalue weighted by Gasteiger charge is -2.05. The van der Waals surface area contributed by atoms with Crippen molar-refractivity contribution in [1.29, 1.82) is 0 Å². The van der Waals surface area contributed by atoms with Crippen LogP contribution in [0.5, 0.6) is 0 Å². The van der Waals surface area contributed by atoms with Gasteiger partial charge in [-0.15, -0.1) is 11.3 Å². The number of nitrogens with one attached hydrogen (secondary N) is 2. The normalized spacial score (nSPS) is 10.8. The molecule has 0 aliphatic heterocycles. The Labute approximate surface area is 190 Å². The number of thioether (sulfide) groups is 1. The van der Waals surface area contributed by atoms with Gasteiger partial charge >= 0.3 is 0 Å². The van der Waals surface area contributed by atoms with Gasteiger partial charge in [0.05, 0.1) is 21.5 Å². The molecule has 2 amide bonds. The van der Waals surface area contributed by atoms with E-state index in [1.807, 2.05) is 0 Å². The zero-order valence-corrected chi connectivity index (χ0v) is 18.3. The molecule has 0 spiro atoms. The molecule has 5 nitrogen and oxygen atoms in total. The third-order valence-corrected chi connectivity index (χ3v) is 6.61. The molecule has 1 aromatic heterocycles. The smallest absolute Gasteiger partial charge is 0.258 e. The van der Waals surface area contributed by atoms with E-state index in [9.17, 15) is 14.0 Å².